The molecule has 0 saturated carbocycles. The highest BCUT2D eigenvalue weighted by Crippen LogP contribution is 2.21. The molecule has 0 radical (unpaired) electrons. The summed E-state index contributed by atoms with van der Waals surface area (Å²) in [6, 6.07) is 0. The topological polar surface area (TPSA) is 51.2 Å². The number of thiazole rings is 1. The molecule has 1 aromatic rings. The van der Waals surface area contributed by atoms with Crippen molar-refractivity contribution in [2.75, 3.05) is 18.5 Å². The van der Waals surface area contributed by atoms with Gasteiger partial charge in [0.2, 0.25) is 0 Å². The summed E-state index contributed by atoms with van der Waals surface area (Å²) in [5.74, 6) is 0.409. The Morgan fingerprint density at radius 3 is 2.94 bits per heavy atom. The van der Waals surface area contributed by atoms with Crippen LogP contribution in [0.15, 0.2) is 5.51 Å². The summed E-state index contributed by atoms with van der Waals surface area (Å²) in [5, 5.41) is 4.08. The predicted octanol–water partition coefficient (Wildman–Crippen LogP) is 3.56. The van der Waals surface area contributed by atoms with Gasteiger partial charge in [-0.15, -0.1) is 11.3 Å². The Hall–Kier alpha value is -1.10. The molecule has 1 aromatic heterocycles. The van der Waals surface area contributed by atoms with Crippen LogP contribution in [0, 0.1) is 5.92 Å². The van der Waals surface area contributed by atoms with Crippen LogP contribution in [0.4, 0.5) is 5.00 Å². The molecule has 5 heteroatoms. The van der Waals surface area contributed by atoms with E-state index in [9.17, 15) is 4.79 Å². The van der Waals surface area contributed by atoms with Crippen molar-refractivity contribution in [1.29, 1.82) is 0 Å². The number of rotatable bonds is 8. The molecule has 18 heavy (non-hydrogen) atoms. The summed E-state index contributed by atoms with van der Waals surface area (Å²) in [5.41, 5.74) is 2.08. The Bertz CT molecular complexity index is 364. The van der Waals surface area contributed by atoms with Crippen molar-refractivity contribution in [3.8, 4) is 0 Å². The quantitative estimate of drug-likeness (QED) is 0.579. The van der Waals surface area contributed by atoms with E-state index in [0.29, 0.717) is 12.3 Å². The first kappa shape index (κ1) is 15.0. The second-order valence-electron chi connectivity index (χ2n) is 4.57. The number of aromatic nitrogens is 1. The van der Waals surface area contributed by atoms with Gasteiger partial charge in [0.15, 0.2) is 5.69 Å². The molecule has 0 atom stereocenters. The largest absolute Gasteiger partial charge is 0.461 e. The van der Waals surface area contributed by atoms with Gasteiger partial charge in [0.05, 0.1) is 12.1 Å². The number of esters is 1. The number of carbonyl (C=O) groups is 1. The maximum absolute atomic E-state index is 11.6. The molecular weight excluding hydrogens is 248 g/mol. The summed E-state index contributed by atoms with van der Waals surface area (Å²) in [6.07, 6.45) is 3.56. The van der Waals surface area contributed by atoms with Crippen LogP contribution >= 0.6 is 11.3 Å². The molecule has 0 spiro atoms. The molecule has 4 nitrogen and oxygen atoms in total. The van der Waals surface area contributed by atoms with Crippen LogP contribution in [0.25, 0.3) is 0 Å². The Balaban J connectivity index is 2.34. The average Bonchev–Trinajstić information content (AvgIpc) is 2.77. The van der Waals surface area contributed by atoms with Gasteiger partial charge < -0.3 is 10.1 Å². The highest BCUT2D eigenvalue weighted by molar-refractivity contribution is 7.14. The number of anilines is 1. The van der Waals surface area contributed by atoms with E-state index < -0.39 is 0 Å². The lowest BCUT2D eigenvalue weighted by Crippen LogP contribution is -2.09. The number of nitrogens with zero attached hydrogens (tertiary/aromatic N) is 1. The van der Waals surface area contributed by atoms with E-state index in [2.05, 4.69) is 24.1 Å². The zero-order chi connectivity index (χ0) is 13.4. The third-order valence-corrected chi connectivity index (χ3v) is 3.31. The zero-order valence-electron chi connectivity index (χ0n) is 11.4. The average molecular weight is 270 g/mol. The van der Waals surface area contributed by atoms with Crippen LogP contribution < -0.4 is 5.32 Å². The fraction of sp³-hybridized carbons (Fsp3) is 0.692. The second kappa shape index (κ2) is 8.08. The first-order valence-corrected chi connectivity index (χ1v) is 7.37. The number of nitrogens with one attached hydrogen (secondary N) is 1. The van der Waals surface area contributed by atoms with E-state index in [0.717, 1.165) is 23.9 Å². The van der Waals surface area contributed by atoms with Gasteiger partial charge in [-0.05, 0) is 19.3 Å². The number of hydrogen-bond acceptors (Lipinski definition) is 5. The lowest BCUT2D eigenvalue weighted by molar-refractivity contribution is 0.0521. The van der Waals surface area contributed by atoms with E-state index in [1.165, 1.54) is 24.2 Å². The van der Waals surface area contributed by atoms with Crippen molar-refractivity contribution in [2.45, 2.75) is 40.0 Å². The third-order valence-electron chi connectivity index (χ3n) is 2.53. The lowest BCUT2D eigenvalue weighted by atomic mass is 10.1. The van der Waals surface area contributed by atoms with Gasteiger partial charge in [-0.1, -0.05) is 26.7 Å². The Morgan fingerprint density at radius 1 is 1.50 bits per heavy atom. The summed E-state index contributed by atoms with van der Waals surface area (Å²) >= 11 is 1.45. The zero-order valence-corrected chi connectivity index (χ0v) is 12.2. The van der Waals surface area contributed by atoms with Crippen molar-refractivity contribution >= 4 is 22.3 Å². The van der Waals surface area contributed by atoms with Crippen LogP contribution in [-0.4, -0.2) is 24.1 Å². The van der Waals surface area contributed by atoms with Crippen LogP contribution in [0.3, 0.4) is 0 Å². The third kappa shape index (κ3) is 5.04. The van der Waals surface area contributed by atoms with Crippen molar-refractivity contribution in [3.63, 3.8) is 0 Å². The molecule has 102 valence electrons. The van der Waals surface area contributed by atoms with E-state index in [4.69, 9.17) is 4.74 Å². The van der Waals surface area contributed by atoms with Gasteiger partial charge >= 0.3 is 5.97 Å². The molecule has 0 fully saturated rings. The van der Waals surface area contributed by atoms with Gasteiger partial charge in [-0.2, -0.15) is 0 Å². The molecule has 1 rings (SSSR count). The molecule has 0 aromatic carbocycles. The number of unbranched alkanes of at least 4 members (excludes halogenated alkanes) is 1. The minimum absolute atomic E-state index is 0.344. The van der Waals surface area contributed by atoms with Gasteiger partial charge in [-0.25, -0.2) is 9.78 Å². The standard InChI is InChI=1S/C13H22N2O2S/c1-4-17-13(16)11-12(18-9-15-11)14-8-6-5-7-10(2)3/h9-10,14H,4-8H2,1-3H3. The fourth-order valence-corrected chi connectivity index (χ4v) is 2.29. The van der Waals surface area contributed by atoms with Crippen LogP contribution in [0.5, 0.6) is 0 Å². The smallest absolute Gasteiger partial charge is 0.360 e. The minimum Gasteiger partial charge on any atom is -0.461 e. The molecule has 0 saturated heterocycles. The molecule has 0 unspecified atom stereocenters. The highest BCUT2D eigenvalue weighted by Gasteiger charge is 2.15. The van der Waals surface area contributed by atoms with Gasteiger partial charge in [0.1, 0.15) is 5.00 Å². The first-order chi connectivity index (χ1) is 8.65. The molecule has 1 heterocycles. The maximum atomic E-state index is 11.6. The number of carbonyl (C=O) groups excluding carboxylic acids is 1. The predicted molar refractivity (Wildman–Crippen MR) is 75.2 cm³/mol. The summed E-state index contributed by atoms with van der Waals surface area (Å²) in [4.78, 5) is 15.6. The summed E-state index contributed by atoms with van der Waals surface area (Å²) in [6.45, 7) is 7.51. The van der Waals surface area contributed by atoms with Crippen molar-refractivity contribution in [3.05, 3.63) is 11.2 Å². The highest BCUT2D eigenvalue weighted by atomic mass is 32.1. The Morgan fingerprint density at radius 2 is 2.28 bits per heavy atom. The first-order valence-electron chi connectivity index (χ1n) is 6.49. The van der Waals surface area contributed by atoms with E-state index >= 15 is 0 Å². The number of ether oxygens (including phenoxy) is 1. The van der Waals surface area contributed by atoms with Crippen LogP contribution in [0.1, 0.15) is 50.5 Å². The van der Waals surface area contributed by atoms with Gasteiger partial charge in [-0.3, -0.25) is 0 Å². The monoisotopic (exact) mass is 270 g/mol. The minimum atomic E-state index is -0.344. The lowest BCUT2D eigenvalue weighted by Gasteiger charge is -2.07. The van der Waals surface area contributed by atoms with Crippen molar-refractivity contribution < 1.29 is 9.53 Å². The Kier molecular flexibility index (Phi) is 6.72. The van der Waals surface area contributed by atoms with Gasteiger partial charge in [0.25, 0.3) is 0 Å². The molecule has 0 amide bonds. The second-order valence-corrected chi connectivity index (χ2v) is 5.42. The molecular formula is C13H22N2O2S. The fourth-order valence-electron chi connectivity index (χ4n) is 1.60. The normalized spacial score (nSPS) is 10.7. The van der Waals surface area contributed by atoms with Crippen LogP contribution in [0.2, 0.25) is 0 Å². The maximum Gasteiger partial charge on any atom is 0.360 e. The van der Waals surface area contributed by atoms with E-state index in [-0.39, 0.29) is 5.97 Å². The SMILES string of the molecule is CCOC(=O)c1ncsc1NCCCCC(C)C. The van der Waals surface area contributed by atoms with Crippen LogP contribution in [-0.2, 0) is 4.74 Å². The molecule has 0 aliphatic carbocycles. The van der Waals surface area contributed by atoms with Crippen molar-refractivity contribution in [2.24, 2.45) is 5.92 Å². The molecule has 0 bridgehead atoms. The van der Waals surface area contributed by atoms with E-state index in [1.807, 2.05) is 0 Å². The van der Waals surface area contributed by atoms with Gasteiger partial charge in [0, 0.05) is 6.54 Å². The summed E-state index contributed by atoms with van der Waals surface area (Å²) < 4.78 is 4.95. The van der Waals surface area contributed by atoms with E-state index in [1.54, 1.807) is 12.4 Å². The Labute approximate surface area is 113 Å². The molecule has 0 aliphatic heterocycles. The molecule has 1 N–H and O–H groups in total. The molecule has 0 aliphatic rings. The summed E-state index contributed by atoms with van der Waals surface area (Å²) in [7, 11) is 0. The van der Waals surface area contributed by atoms with Crippen molar-refractivity contribution in [1.82, 2.24) is 4.98 Å². The number of hydrogen-bond donors (Lipinski definition) is 1.